The summed E-state index contributed by atoms with van der Waals surface area (Å²) in [6.07, 6.45) is -1.00. The molecule has 5 heteroatoms. The summed E-state index contributed by atoms with van der Waals surface area (Å²) < 4.78 is 10.3. The fraction of sp³-hybridized carbons (Fsp3) is 0.294. The van der Waals surface area contributed by atoms with Crippen LogP contribution >= 0.6 is 0 Å². The van der Waals surface area contributed by atoms with Crippen molar-refractivity contribution in [3.8, 4) is 11.3 Å². The predicted octanol–water partition coefficient (Wildman–Crippen LogP) is 2.68. The molecule has 1 atom stereocenters. The van der Waals surface area contributed by atoms with E-state index in [1.807, 2.05) is 30.3 Å². The fourth-order valence-electron chi connectivity index (χ4n) is 2.15. The summed E-state index contributed by atoms with van der Waals surface area (Å²) in [4.78, 5) is 27.0. The quantitative estimate of drug-likeness (QED) is 0.833. The molecule has 0 saturated carbocycles. The predicted molar refractivity (Wildman–Crippen MR) is 83.5 cm³/mol. The van der Waals surface area contributed by atoms with E-state index in [9.17, 15) is 9.59 Å². The molecule has 0 saturated heterocycles. The first-order valence-electron chi connectivity index (χ1n) is 7.24. The van der Waals surface area contributed by atoms with Gasteiger partial charge in [0, 0.05) is 12.3 Å². The molecule has 0 aliphatic carbocycles. The highest BCUT2D eigenvalue weighted by atomic mass is 16.6. The van der Waals surface area contributed by atoms with Crippen molar-refractivity contribution in [2.24, 2.45) is 0 Å². The van der Waals surface area contributed by atoms with Crippen LogP contribution in [0.4, 0.5) is 0 Å². The Bertz CT molecular complexity index is 679. The Kier molecular flexibility index (Phi) is 5.49. The summed E-state index contributed by atoms with van der Waals surface area (Å²) in [5, 5.41) is 0. The van der Waals surface area contributed by atoms with E-state index in [0.29, 0.717) is 12.3 Å². The van der Waals surface area contributed by atoms with Crippen molar-refractivity contribution >= 4 is 5.97 Å². The Morgan fingerprint density at radius 1 is 1.09 bits per heavy atom. The lowest BCUT2D eigenvalue weighted by Crippen LogP contribution is -2.26. The van der Waals surface area contributed by atoms with Crippen LogP contribution in [-0.4, -0.2) is 24.2 Å². The maximum atomic E-state index is 12.3. The lowest BCUT2D eigenvalue weighted by atomic mass is 10.1. The molecule has 0 spiro atoms. The van der Waals surface area contributed by atoms with Crippen molar-refractivity contribution < 1.29 is 14.3 Å². The van der Waals surface area contributed by atoms with Gasteiger partial charge in [-0.3, -0.25) is 4.79 Å². The van der Waals surface area contributed by atoms with E-state index >= 15 is 0 Å². The third kappa shape index (κ3) is 3.62. The Balaban J connectivity index is 2.35. The van der Waals surface area contributed by atoms with Crippen molar-refractivity contribution in [2.45, 2.75) is 20.0 Å². The third-order valence-electron chi connectivity index (χ3n) is 3.14. The van der Waals surface area contributed by atoms with Crippen LogP contribution in [-0.2, 0) is 14.3 Å². The van der Waals surface area contributed by atoms with Crippen molar-refractivity contribution in [3.05, 3.63) is 58.4 Å². The van der Waals surface area contributed by atoms with Crippen LogP contribution in [0.15, 0.2) is 47.3 Å². The zero-order chi connectivity index (χ0) is 15.9. The molecule has 1 aromatic carbocycles. The van der Waals surface area contributed by atoms with E-state index in [2.05, 4.69) is 4.98 Å². The zero-order valence-electron chi connectivity index (χ0n) is 12.7. The minimum Gasteiger partial charge on any atom is -0.464 e. The first-order valence-corrected chi connectivity index (χ1v) is 7.24. The fourth-order valence-corrected chi connectivity index (χ4v) is 2.15. The number of benzene rings is 1. The Morgan fingerprint density at radius 2 is 1.82 bits per heavy atom. The average Bonchev–Trinajstić information content (AvgIpc) is 2.54. The van der Waals surface area contributed by atoms with Crippen LogP contribution in [0.25, 0.3) is 11.3 Å². The largest absolute Gasteiger partial charge is 0.464 e. The van der Waals surface area contributed by atoms with Gasteiger partial charge in [-0.1, -0.05) is 30.3 Å². The number of rotatable bonds is 6. The van der Waals surface area contributed by atoms with Gasteiger partial charge in [0.05, 0.1) is 12.2 Å². The summed E-state index contributed by atoms with van der Waals surface area (Å²) in [5.41, 5.74) is 1.48. The molecule has 2 rings (SSSR count). The van der Waals surface area contributed by atoms with Crippen LogP contribution < -0.4 is 5.56 Å². The molecule has 22 heavy (non-hydrogen) atoms. The molecule has 0 amide bonds. The molecule has 0 radical (unpaired) electrons. The van der Waals surface area contributed by atoms with Crippen molar-refractivity contribution in [1.82, 2.24) is 4.98 Å². The lowest BCUT2D eigenvalue weighted by molar-refractivity contribution is -0.157. The van der Waals surface area contributed by atoms with Gasteiger partial charge in [0.25, 0.3) is 5.56 Å². The molecule has 1 aromatic heterocycles. The van der Waals surface area contributed by atoms with Gasteiger partial charge in [-0.25, -0.2) is 4.79 Å². The molecule has 1 N–H and O–H groups in total. The number of carbonyl (C=O) groups is 1. The normalized spacial score (nSPS) is 11.9. The maximum absolute atomic E-state index is 12.3. The van der Waals surface area contributed by atoms with E-state index in [1.165, 1.54) is 0 Å². The topological polar surface area (TPSA) is 68.4 Å². The minimum atomic E-state index is -1.00. The van der Waals surface area contributed by atoms with Crippen molar-refractivity contribution in [1.29, 1.82) is 0 Å². The second-order valence-electron chi connectivity index (χ2n) is 4.61. The molecule has 0 bridgehead atoms. The molecule has 116 valence electrons. The first kappa shape index (κ1) is 16.0. The molecule has 5 nitrogen and oxygen atoms in total. The monoisotopic (exact) mass is 301 g/mol. The Hall–Kier alpha value is -2.40. The van der Waals surface area contributed by atoms with E-state index in [0.717, 1.165) is 5.56 Å². The smallest absolute Gasteiger partial charge is 0.340 e. The van der Waals surface area contributed by atoms with Crippen molar-refractivity contribution in [2.75, 3.05) is 13.2 Å². The molecule has 2 aromatic rings. The summed E-state index contributed by atoms with van der Waals surface area (Å²) in [6.45, 7) is 4.02. The molecule has 0 aliphatic rings. The number of ether oxygens (including phenoxy) is 2. The van der Waals surface area contributed by atoms with Gasteiger partial charge >= 0.3 is 5.97 Å². The standard InChI is InChI=1S/C17H19NO4/c1-3-21-15(17(20)22-4-2)13-10-11-14(18-16(13)19)12-8-6-5-7-9-12/h5-11,15H,3-4H2,1-2H3,(H,18,19). The van der Waals surface area contributed by atoms with E-state index in [4.69, 9.17) is 9.47 Å². The van der Waals surface area contributed by atoms with Gasteiger partial charge in [0.1, 0.15) is 0 Å². The van der Waals surface area contributed by atoms with Gasteiger partial charge in [-0.05, 0) is 31.5 Å². The van der Waals surface area contributed by atoms with E-state index in [-0.39, 0.29) is 17.7 Å². The highest BCUT2D eigenvalue weighted by Gasteiger charge is 2.25. The van der Waals surface area contributed by atoms with Gasteiger partial charge in [-0.15, -0.1) is 0 Å². The number of H-pyrrole nitrogens is 1. The Morgan fingerprint density at radius 3 is 2.41 bits per heavy atom. The number of aromatic nitrogens is 1. The highest BCUT2D eigenvalue weighted by molar-refractivity contribution is 5.76. The van der Waals surface area contributed by atoms with Crippen LogP contribution in [0.2, 0.25) is 0 Å². The number of hydrogen-bond acceptors (Lipinski definition) is 4. The molecule has 0 fully saturated rings. The molecule has 0 aliphatic heterocycles. The van der Waals surface area contributed by atoms with Crippen LogP contribution in [0, 0.1) is 0 Å². The van der Waals surface area contributed by atoms with Crippen LogP contribution in [0.3, 0.4) is 0 Å². The molecule has 1 unspecified atom stereocenters. The second kappa shape index (κ2) is 7.56. The van der Waals surface area contributed by atoms with Crippen LogP contribution in [0.5, 0.6) is 0 Å². The van der Waals surface area contributed by atoms with Gasteiger partial charge < -0.3 is 14.5 Å². The molecular weight excluding hydrogens is 282 g/mol. The highest BCUT2D eigenvalue weighted by Crippen LogP contribution is 2.19. The average molecular weight is 301 g/mol. The third-order valence-corrected chi connectivity index (χ3v) is 3.14. The number of pyridine rings is 1. The van der Waals surface area contributed by atoms with E-state index in [1.54, 1.807) is 26.0 Å². The van der Waals surface area contributed by atoms with Gasteiger partial charge in [0.2, 0.25) is 0 Å². The maximum Gasteiger partial charge on any atom is 0.340 e. The number of esters is 1. The van der Waals surface area contributed by atoms with Gasteiger partial charge in [-0.2, -0.15) is 0 Å². The lowest BCUT2D eigenvalue weighted by Gasteiger charge is -2.15. The minimum absolute atomic E-state index is 0.239. The summed E-state index contributed by atoms with van der Waals surface area (Å²) in [5.74, 6) is -0.553. The summed E-state index contributed by atoms with van der Waals surface area (Å²) in [7, 11) is 0. The molecule has 1 heterocycles. The Labute approximate surface area is 128 Å². The second-order valence-corrected chi connectivity index (χ2v) is 4.61. The number of carbonyl (C=O) groups excluding carboxylic acids is 1. The summed E-state index contributed by atoms with van der Waals surface area (Å²) in [6, 6.07) is 12.9. The first-order chi connectivity index (χ1) is 10.7. The molecular formula is C17H19NO4. The SMILES string of the molecule is CCOC(=O)C(OCC)c1ccc(-c2ccccc2)[nH]c1=O. The van der Waals surface area contributed by atoms with Crippen LogP contribution in [0.1, 0.15) is 25.5 Å². The van der Waals surface area contributed by atoms with E-state index < -0.39 is 12.1 Å². The zero-order valence-corrected chi connectivity index (χ0v) is 12.7. The van der Waals surface area contributed by atoms with Crippen molar-refractivity contribution in [3.63, 3.8) is 0 Å². The number of hydrogen-bond donors (Lipinski definition) is 1. The summed E-state index contributed by atoms with van der Waals surface area (Å²) >= 11 is 0. The number of aromatic amines is 1. The van der Waals surface area contributed by atoms with Gasteiger partial charge in [0.15, 0.2) is 6.10 Å². The number of nitrogens with one attached hydrogen (secondary N) is 1.